The quantitative estimate of drug-likeness (QED) is 0.271. The third kappa shape index (κ3) is 7.99. The van der Waals surface area contributed by atoms with Gasteiger partial charge in [0.1, 0.15) is 0 Å². The van der Waals surface area contributed by atoms with Crippen molar-refractivity contribution in [2.45, 2.75) is 13.3 Å². The van der Waals surface area contributed by atoms with E-state index in [9.17, 15) is 13.2 Å². The lowest BCUT2D eigenvalue weighted by Crippen LogP contribution is -2.42. The summed E-state index contributed by atoms with van der Waals surface area (Å²) < 4.78 is 25.1. The molecule has 1 aromatic rings. The summed E-state index contributed by atoms with van der Waals surface area (Å²) in [5.74, 6) is 0.551. The molecule has 0 spiro atoms. The smallest absolute Gasteiger partial charge is 0.251 e. The molecule has 0 aliphatic heterocycles. The van der Waals surface area contributed by atoms with Crippen LogP contribution in [0.4, 0.5) is 0 Å². The SMILES string of the molecule is CCS(=O)(=O)NCCNC(=NC)NCCc1cccc(C(=O)NC)c1. The van der Waals surface area contributed by atoms with Crippen molar-refractivity contribution in [3.8, 4) is 0 Å². The van der Waals surface area contributed by atoms with E-state index in [0.29, 0.717) is 31.2 Å². The number of sulfonamides is 1. The monoisotopic (exact) mass is 369 g/mol. The van der Waals surface area contributed by atoms with Gasteiger partial charge in [-0.25, -0.2) is 13.1 Å². The number of amides is 1. The van der Waals surface area contributed by atoms with E-state index in [4.69, 9.17) is 0 Å². The molecule has 140 valence electrons. The molecule has 0 heterocycles. The predicted octanol–water partition coefficient (Wildman–Crippen LogP) is -0.307. The van der Waals surface area contributed by atoms with Crippen LogP contribution in [0.2, 0.25) is 0 Å². The van der Waals surface area contributed by atoms with E-state index in [0.717, 1.165) is 12.0 Å². The first-order valence-corrected chi connectivity index (χ1v) is 9.80. The Bertz CT molecular complexity index is 689. The molecule has 0 aliphatic rings. The zero-order chi connectivity index (χ0) is 18.7. The predicted molar refractivity (Wildman–Crippen MR) is 100 cm³/mol. The van der Waals surface area contributed by atoms with Crippen LogP contribution in [-0.2, 0) is 16.4 Å². The first-order valence-electron chi connectivity index (χ1n) is 8.14. The van der Waals surface area contributed by atoms with E-state index in [1.807, 2.05) is 18.2 Å². The van der Waals surface area contributed by atoms with Crippen molar-refractivity contribution in [1.29, 1.82) is 0 Å². The molecule has 0 fully saturated rings. The van der Waals surface area contributed by atoms with Crippen LogP contribution in [0.1, 0.15) is 22.8 Å². The molecule has 0 radical (unpaired) electrons. The van der Waals surface area contributed by atoms with Gasteiger partial charge in [-0.3, -0.25) is 9.79 Å². The highest BCUT2D eigenvalue weighted by molar-refractivity contribution is 7.89. The number of nitrogens with one attached hydrogen (secondary N) is 4. The maximum Gasteiger partial charge on any atom is 0.251 e. The fourth-order valence-corrected chi connectivity index (χ4v) is 2.66. The van der Waals surface area contributed by atoms with Crippen LogP contribution in [0.25, 0.3) is 0 Å². The normalized spacial score (nSPS) is 11.9. The average Bonchev–Trinajstić information content (AvgIpc) is 2.63. The molecule has 9 heteroatoms. The fourth-order valence-electron chi connectivity index (χ4n) is 2.05. The van der Waals surface area contributed by atoms with Crippen LogP contribution in [0.3, 0.4) is 0 Å². The summed E-state index contributed by atoms with van der Waals surface area (Å²) in [6.45, 7) is 2.96. The molecular formula is C16H27N5O3S. The van der Waals surface area contributed by atoms with Gasteiger partial charge in [0.2, 0.25) is 10.0 Å². The molecule has 0 atom stereocenters. The number of carbonyl (C=O) groups excluding carboxylic acids is 1. The van der Waals surface area contributed by atoms with Crippen molar-refractivity contribution in [1.82, 2.24) is 20.7 Å². The minimum absolute atomic E-state index is 0.0646. The lowest BCUT2D eigenvalue weighted by Gasteiger charge is -2.12. The summed E-state index contributed by atoms with van der Waals surface area (Å²) in [5, 5.41) is 8.80. The van der Waals surface area contributed by atoms with Crippen molar-refractivity contribution in [3.63, 3.8) is 0 Å². The number of rotatable bonds is 9. The molecule has 25 heavy (non-hydrogen) atoms. The summed E-state index contributed by atoms with van der Waals surface area (Å²) >= 11 is 0. The van der Waals surface area contributed by atoms with Gasteiger partial charge in [0.25, 0.3) is 5.91 Å². The number of carbonyl (C=O) groups is 1. The molecule has 0 aliphatic carbocycles. The first-order chi connectivity index (χ1) is 11.9. The molecule has 0 saturated carbocycles. The lowest BCUT2D eigenvalue weighted by molar-refractivity contribution is 0.0963. The summed E-state index contributed by atoms with van der Waals surface area (Å²) in [4.78, 5) is 15.7. The Morgan fingerprint density at radius 1 is 1.16 bits per heavy atom. The second kappa shape index (κ2) is 10.7. The molecule has 0 aromatic heterocycles. The molecule has 0 bridgehead atoms. The maximum absolute atomic E-state index is 11.6. The van der Waals surface area contributed by atoms with Gasteiger partial charge in [-0.1, -0.05) is 12.1 Å². The van der Waals surface area contributed by atoms with Crippen molar-refractivity contribution < 1.29 is 13.2 Å². The zero-order valence-electron chi connectivity index (χ0n) is 14.9. The van der Waals surface area contributed by atoms with Crippen LogP contribution in [0.5, 0.6) is 0 Å². The van der Waals surface area contributed by atoms with Gasteiger partial charge in [0.15, 0.2) is 5.96 Å². The van der Waals surface area contributed by atoms with Crippen molar-refractivity contribution in [2.24, 2.45) is 4.99 Å². The highest BCUT2D eigenvalue weighted by Crippen LogP contribution is 2.05. The van der Waals surface area contributed by atoms with Gasteiger partial charge in [-0.2, -0.15) is 0 Å². The Morgan fingerprint density at radius 2 is 1.88 bits per heavy atom. The van der Waals surface area contributed by atoms with E-state index in [1.165, 1.54) is 0 Å². The second-order valence-electron chi connectivity index (χ2n) is 5.25. The summed E-state index contributed by atoms with van der Waals surface area (Å²) in [7, 11) is 0.0811. The molecule has 4 N–H and O–H groups in total. The van der Waals surface area contributed by atoms with Crippen LogP contribution >= 0.6 is 0 Å². The summed E-state index contributed by atoms with van der Waals surface area (Å²) in [5.41, 5.74) is 1.67. The Balaban J connectivity index is 2.37. The summed E-state index contributed by atoms with van der Waals surface area (Å²) in [6, 6.07) is 7.44. The van der Waals surface area contributed by atoms with Crippen LogP contribution in [0.15, 0.2) is 29.3 Å². The van der Waals surface area contributed by atoms with Gasteiger partial charge in [0.05, 0.1) is 5.75 Å². The van der Waals surface area contributed by atoms with E-state index < -0.39 is 10.0 Å². The van der Waals surface area contributed by atoms with Crippen LogP contribution < -0.4 is 20.7 Å². The molecule has 1 aromatic carbocycles. The number of guanidine groups is 1. The van der Waals surface area contributed by atoms with Crippen LogP contribution in [-0.4, -0.2) is 59.8 Å². The molecule has 0 saturated heterocycles. The van der Waals surface area contributed by atoms with Gasteiger partial charge >= 0.3 is 0 Å². The van der Waals surface area contributed by atoms with E-state index in [1.54, 1.807) is 27.1 Å². The molecular weight excluding hydrogens is 342 g/mol. The van der Waals surface area contributed by atoms with Gasteiger partial charge < -0.3 is 16.0 Å². The Kier molecular flexibility index (Phi) is 8.93. The zero-order valence-corrected chi connectivity index (χ0v) is 15.7. The third-order valence-corrected chi connectivity index (χ3v) is 4.87. The highest BCUT2D eigenvalue weighted by Gasteiger charge is 2.06. The fraction of sp³-hybridized carbons (Fsp3) is 0.500. The van der Waals surface area contributed by atoms with Gasteiger partial charge in [-0.15, -0.1) is 0 Å². The number of aliphatic imine (C=N–C) groups is 1. The van der Waals surface area contributed by atoms with Gasteiger partial charge in [0, 0.05) is 39.3 Å². The molecule has 1 rings (SSSR count). The summed E-state index contributed by atoms with van der Waals surface area (Å²) in [6.07, 6.45) is 0.730. The second-order valence-corrected chi connectivity index (χ2v) is 7.35. The highest BCUT2D eigenvalue weighted by atomic mass is 32.2. The Labute approximate surface area is 149 Å². The molecule has 1 amide bonds. The van der Waals surface area contributed by atoms with E-state index >= 15 is 0 Å². The van der Waals surface area contributed by atoms with Crippen molar-refractivity contribution in [3.05, 3.63) is 35.4 Å². The first kappa shape index (κ1) is 20.9. The van der Waals surface area contributed by atoms with Crippen molar-refractivity contribution >= 4 is 21.9 Å². The van der Waals surface area contributed by atoms with Crippen molar-refractivity contribution in [2.75, 3.05) is 39.5 Å². The standard InChI is InChI=1S/C16H27N5O3S/c1-4-25(23,24)21-11-10-20-16(18-3)19-9-8-13-6-5-7-14(12-13)15(22)17-2/h5-7,12,21H,4,8-11H2,1-3H3,(H,17,22)(H2,18,19,20). The minimum atomic E-state index is -3.17. The van der Waals surface area contributed by atoms with E-state index in [-0.39, 0.29) is 11.7 Å². The third-order valence-electron chi connectivity index (χ3n) is 3.47. The van der Waals surface area contributed by atoms with E-state index in [2.05, 4.69) is 25.7 Å². The maximum atomic E-state index is 11.6. The number of hydrogen-bond acceptors (Lipinski definition) is 4. The van der Waals surface area contributed by atoms with Gasteiger partial charge in [-0.05, 0) is 31.0 Å². The number of nitrogens with zero attached hydrogens (tertiary/aromatic N) is 1. The van der Waals surface area contributed by atoms with Crippen LogP contribution in [0, 0.1) is 0 Å². The minimum Gasteiger partial charge on any atom is -0.356 e. The number of hydrogen-bond donors (Lipinski definition) is 4. The lowest BCUT2D eigenvalue weighted by atomic mass is 10.1. The molecule has 8 nitrogen and oxygen atoms in total. The largest absolute Gasteiger partial charge is 0.356 e. The Hall–Kier alpha value is -2.13. The number of benzene rings is 1. The topological polar surface area (TPSA) is 112 Å². The molecule has 0 unspecified atom stereocenters. The average molecular weight is 369 g/mol. The Morgan fingerprint density at radius 3 is 2.52 bits per heavy atom.